The predicted octanol–water partition coefficient (Wildman–Crippen LogP) is -0.0556. The maximum absolute atomic E-state index is 9.89. The van der Waals surface area contributed by atoms with Crippen molar-refractivity contribution in [2.45, 2.75) is 13.0 Å². The zero-order valence-electron chi connectivity index (χ0n) is 10.3. The van der Waals surface area contributed by atoms with Gasteiger partial charge in [-0.2, -0.15) is 0 Å². The summed E-state index contributed by atoms with van der Waals surface area (Å²) >= 11 is 0. The molecule has 5 nitrogen and oxygen atoms in total. The van der Waals surface area contributed by atoms with Crippen LogP contribution in [0.1, 0.15) is 6.92 Å². The standard InChI is InChI=1S/C6H9N2.C5H11NO2/c1-6-4-2-3-5-8(6)7;1-6(2,3)4-5(7)8/h2-7H,1H3;4H2,1-3H3/q+1;. The first-order valence-electron chi connectivity index (χ1n) is 5.07. The summed E-state index contributed by atoms with van der Waals surface area (Å²) in [6, 6.07) is 0.236. The van der Waals surface area contributed by atoms with Crippen LogP contribution in [0.15, 0.2) is 24.4 Å². The van der Waals surface area contributed by atoms with Crippen molar-refractivity contribution in [1.82, 2.24) is 0 Å². The highest BCUT2D eigenvalue weighted by molar-refractivity contribution is 5.65. The second-order valence-electron chi connectivity index (χ2n) is 4.69. The van der Waals surface area contributed by atoms with E-state index in [-0.39, 0.29) is 12.6 Å². The molecule has 0 amide bonds. The first-order chi connectivity index (χ1) is 7.22. The number of quaternary nitrogens is 1. The van der Waals surface area contributed by atoms with Gasteiger partial charge < -0.3 is 14.4 Å². The Labute approximate surface area is 96.4 Å². The molecule has 0 radical (unpaired) electrons. The number of carbonyl (C=O) groups is 1. The number of hydrogen-bond donors (Lipinski definition) is 1. The molecule has 0 aliphatic carbocycles. The normalized spacial score (nSPS) is 19.0. The number of nitrogens with one attached hydrogen (secondary N) is 1. The Hall–Kier alpha value is -1.49. The summed E-state index contributed by atoms with van der Waals surface area (Å²) in [5.74, 6) is -1.00. The van der Waals surface area contributed by atoms with Crippen LogP contribution in [0.4, 0.5) is 0 Å². The van der Waals surface area contributed by atoms with E-state index in [1.54, 1.807) is 27.3 Å². The van der Waals surface area contributed by atoms with Crippen LogP contribution < -0.4 is 5.11 Å². The van der Waals surface area contributed by atoms with Gasteiger partial charge in [0, 0.05) is 13.0 Å². The Morgan fingerprint density at radius 3 is 2.19 bits per heavy atom. The Bertz CT molecular complexity index is 314. The summed E-state index contributed by atoms with van der Waals surface area (Å²) in [5.41, 5.74) is 7.17. The minimum absolute atomic E-state index is 0.0694. The minimum Gasteiger partial charge on any atom is -0.544 e. The average Bonchev–Trinajstić information content (AvgIpc) is 2.06. The third-order valence-electron chi connectivity index (χ3n) is 1.79. The topological polar surface area (TPSA) is 67.0 Å². The van der Waals surface area contributed by atoms with Gasteiger partial charge in [-0.3, -0.25) is 0 Å². The molecular weight excluding hydrogens is 206 g/mol. The molecular formula is C11H20N3O2+. The van der Waals surface area contributed by atoms with Crippen molar-refractivity contribution in [3.05, 3.63) is 24.4 Å². The van der Waals surface area contributed by atoms with Crippen molar-refractivity contribution in [1.29, 1.82) is 5.53 Å². The van der Waals surface area contributed by atoms with E-state index in [1.807, 2.05) is 25.2 Å². The molecule has 5 heteroatoms. The van der Waals surface area contributed by atoms with E-state index in [2.05, 4.69) is 0 Å². The molecule has 0 aromatic heterocycles. The number of hydrogen-bond acceptors (Lipinski definition) is 3. The van der Waals surface area contributed by atoms with Gasteiger partial charge in [0.15, 0.2) is 12.2 Å². The third kappa shape index (κ3) is 7.87. The molecule has 1 unspecified atom stereocenters. The molecule has 0 bridgehead atoms. The summed E-state index contributed by atoms with van der Waals surface area (Å²) in [5, 5.41) is 9.89. The van der Waals surface area contributed by atoms with Crippen LogP contribution in [0.25, 0.3) is 0 Å². The van der Waals surface area contributed by atoms with E-state index >= 15 is 0 Å². The fourth-order valence-corrected chi connectivity index (χ4v) is 0.983. The molecule has 0 saturated heterocycles. The fourth-order valence-electron chi connectivity index (χ4n) is 0.983. The number of carbonyl (C=O) groups excluding carboxylic acids is 1. The summed E-state index contributed by atoms with van der Waals surface area (Å²) in [7, 11) is 5.40. The lowest BCUT2D eigenvalue weighted by atomic mass is 10.2. The maximum Gasteiger partial charge on any atom is 0.199 e. The van der Waals surface area contributed by atoms with Crippen molar-refractivity contribution >= 4 is 5.97 Å². The molecule has 0 spiro atoms. The number of rotatable bonds is 2. The van der Waals surface area contributed by atoms with E-state index in [0.717, 1.165) is 0 Å². The number of carboxylic acid groups (broad SMARTS) is 1. The first kappa shape index (κ1) is 14.5. The van der Waals surface area contributed by atoms with Crippen molar-refractivity contribution in [2.75, 3.05) is 27.7 Å². The number of nitrogens with zero attached hydrogens (tertiary/aromatic N) is 2. The molecule has 0 fully saturated rings. The van der Waals surface area contributed by atoms with Gasteiger partial charge in [-0.15, -0.1) is 0 Å². The molecule has 0 aromatic rings. The van der Waals surface area contributed by atoms with Crippen molar-refractivity contribution in [2.24, 2.45) is 0 Å². The van der Waals surface area contributed by atoms with Gasteiger partial charge in [-0.1, -0.05) is 16.3 Å². The maximum atomic E-state index is 9.89. The lowest BCUT2D eigenvalue weighted by Crippen LogP contribution is -2.45. The molecule has 1 heterocycles. The SMILES string of the molecule is CC1C=CC=C[N+]1=N.C[N+](C)(C)CC(=O)[O-]. The number of allylic oxidation sites excluding steroid dienone is 2. The van der Waals surface area contributed by atoms with E-state index < -0.39 is 5.97 Å². The molecule has 0 aromatic carbocycles. The zero-order chi connectivity index (χ0) is 12.8. The van der Waals surface area contributed by atoms with Crippen molar-refractivity contribution in [3.8, 4) is 0 Å². The fraction of sp³-hybridized carbons (Fsp3) is 0.545. The second kappa shape index (κ2) is 6.17. The lowest BCUT2D eigenvalue weighted by molar-refractivity contribution is -0.864. The Morgan fingerprint density at radius 1 is 1.44 bits per heavy atom. The number of likely N-dealkylation sites (N-methyl/N-ethyl adjacent to an activating group) is 1. The molecule has 1 atom stereocenters. The zero-order valence-corrected chi connectivity index (χ0v) is 10.3. The minimum atomic E-state index is -1.00. The quantitative estimate of drug-likeness (QED) is 0.529. The summed E-state index contributed by atoms with van der Waals surface area (Å²) < 4.78 is 1.84. The highest BCUT2D eigenvalue weighted by atomic mass is 16.4. The monoisotopic (exact) mass is 226 g/mol. The van der Waals surface area contributed by atoms with Crippen LogP contribution in [0.2, 0.25) is 0 Å². The van der Waals surface area contributed by atoms with Gasteiger partial charge in [-0.05, 0) is 6.08 Å². The van der Waals surface area contributed by atoms with Crippen LogP contribution in [0.5, 0.6) is 0 Å². The predicted molar refractivity (Wildman–Crippen MR) is 58.6 cm³/mol. The molecule has 0 saturated carbocycles. The highest BCUT2D eigenvalue weighted by Crippen LogP contribution is 1.98. The van der Waals surface area contributed by atoms with Gasteiger partial charge in [0.2, 0.25) is 0 Å². The van der Waals surface area contributed by atoms with Crippen molar-refractivity contribution < 1.29 is 19.1 Å². The summed E-state index contributed by atoms with van der Waals surface area (Å²) in [6.45, 7) is 2.05. The van der Waals surface area contributed by atoms with Crippen LogP contribution in [-0.4, -0.2) is 48.9 Å². The van der Waals surface area contributed by atoms with Gasteiger partial charge >= 0.3 is 0 Å². The number of aliphatic carboxylic acids is 1. The van der Waals surface area contributed by atoms with E-state index in [4.69, 9.17) is 5.53 Å². The van der Waals surface area contributed by atoms with Crippen LogP contribution >= 0.6 is 0 Å². The van der Waals surface area contributed by atoms with Crippen LogP contribution in [-0.2, 0) is 4.79 Å². The van der Waals surface area contributed by atoms with Crippen molar-refractivity contribution in [3.63, 3.8) is 0 Å². The largest absolute Gasteiger partial charge is 0.544 e. The lowest BCUT2D eigenvalue weighted by Gasteiger charge is -2.23. The van der Waals surface area contributed by atoms with E-state index in [0.29, 0.717) is 4.48 Å². The third-order valence-corrected chi connectivity index (χ3v) is 1.79. The number of carboxylic acids is 1. The Kier molecular flexibility index (Phi) is 5.60. The Balaban J connectivity index is 0.000000281. The molecule has 16 heavy (non-hydrogen) atoms. The molecule has 1 N–H and O–H groups in total. The van der Waals surface area contributed by atoms with Crippen LogP contribution in [0, 0.1) is 5.53 Å². The Morgan fingerprint density at radius 2 is 2.00 bits per heavy atom. The first-order valence-corrected chi connectivity index (χ1v) is 5.07. The van der Waals surface area contributed by atoms with Gasteiger partial charge in [0.1, 0.15) is 6.54 Å². The summed E-state index contributed by atoms with van der Waals surface area (Å²) in [4.78, 5) is 9.89. The van der Waals surface area contributed by atoms with Crippen LogP contribution in [0.3, 0.4) is 0 Å². The second-order valence-corrected chi connectivity index (χ2v) is 4.69. The molecule has 1 aliphatic heterocycles. The summed E-state index contributed by atoms with van der Waals surface area (Å²) in [6.07, 6.45) is 7.53. The average molecular weight is 226 g/mol. The van der Waals surface area contributed by atoms with E-state index in [9.17, 15) is 9.90 Å². The van der Waals surface area contributed by atoms with Gasteiger partial charge in [0.05, 0.1) is 27.1 Å². The molecule has 90 valence electrons. The van der Waals surface area contributed by atoms with Gasteiger partial charge in [0.25, 0.3) is 0 Å². The molecule has 1 rings (SSSR count). The van der Waals surface area contributed by atoms with Gasteiger partial charge in [-0.25, -0.2) is 0 Å². The smallest absolute Gasteiger partial charge is 0.199 e. The van der Waals surface area contributed by atoms with E-state index in [1.165, 1.54) is 4.70 Å². The highest BCUT2D eigenvalue weighted by Gasteiger charge is 2.09. The molecule has 1 aliphatic rings.